The molecule has 0 radical (unpaired) electrons. The summed E-state index contributed by atoms with van der Waals surface area (Å²) >= 11 is 2.04. The van der Waals surface area contributed by atoms with Gasteiger partial charge in [0.25, 0.3) is 0 Å². The second-order valence-electron chi connectivity index (χ2n) is 5.32. The van der Waals surface area contributed by atoms with Crippen LogP contribution in [0.25, 0.3) is 0 Å². The lowest BCUT2D eigenvalue weighted by Gasteiger charge is -2.13. The molecule has 0 amide bonds. The number of hydrogen-bond acceptors (Lipinski definition) is 3. The fourth-order valence-corrected chi connectivity index (χ4v) is 3.51. The number of thioether (sulfide) groups is 1. The lowest BCUT2D eigenvalue weighted by atomic mass is 10.2. The normalized spacial score (nSPS) is 18.4. The number of hydrogen-bond donors (Lipinski definition) is 2. The molecule has 1 fully saturated rings. The van der Waals surface area contributed by atoms with Crippen molar-refractivity contribution in [1.82, 2.24) is 10.6 Å². The average molecular weight is 321 g/mol. The van der Waals surface area contributed by atoms with Crippen molar-refractivity contribution in [2.75, 3.05) is 32.0 Å². The molecule has 1 aliphatic rings. The van der Waals surface area contributed by atoms with E-state index in [-0.39, 0.29) is 0 Å². The Morgan fingerprint density at radius 3 is 2.91 bits per heavy atom. The molecule has 1 aliphatic heterocycles. The molecule has 1 aromatic rings. The van der Waals surface area contributed by atoms with Crippen LogP contribution in [0.15, 0.2) is 35.3 Å². The Kier molecular flexibility index (Phi) is 8.20. The molecule has 2 rings (SSSR count). The van der Waals surface area contributed by atoms with E-state index in [1.165, 1.54) is 24.2 Å². The Bertz CT molecular complexity index is 433. The molecular formula is C17H27N3OS. The Morgan fingerprint density at radius 2 is 2.18 bits per heavy atom. The maximum atomic E-state index is 5.68. The van der Waals surface area contributed by atoms with Gasteiger partial charge in [-0.05, 0) is 31.1 Å². The van der Waals surface area contributed by atoms with Crippen molar-refractivity contribution in [3.05, 3.63) is 35.9 Å². The highest BCUT2D eigenvalue weighted by Crippen LogP contribution is 2.25. The standard InChI is InChI=1S/C17H27N3OS/c1-2-18-17(20-13-16-9-6-12-22-16)19-10-11-21-14-15-7-4-3-5-8-15/h3-5,7-8,16H,2,6,9-14H2,1H3,(H2,18,19,20). The van der Waals surface area contributed by atoms with E-state index in [9.17, 15) is 0 Å². The molecule has 4 nitrogen and oxygen atoms in total. The molecule has 22 heavy (non-hydrogen) atoms. The Labute approximate surface area is 138 Å². The summed E-state index contributed by atoms with van der Waals surface area (Å²) < 4.78 is 5.68. The topological polar surface area (TPSA) is 45.7 Å². The molecule has 0 spiro atoms. The van der Waals surface area contributed by atoms with Crippen LogP contribution in [0.5, 0.6) is 0 Å². The monoisotopic (exact) mass is 321 g/mol. The summed E-state index contributed by atoms with van der Waals surface area (Å²) in [5, 5.41) is 7.32. The van der Waals surface area contributed by atoms with Gasteiger partial charge in [-0.25, -0.2) is 0 Å². The van der Waals surface area contributed by atoms with Crippen molar-refractivity contribution in [1.29, 1.82) is 0 Å². The molecule has 2 N–H and O–H groups in total. The van der Waals surface area contributed by atoms with Gasteiger partial charge in [-0.2, -0.15) is 11.8 Å². The fourth-order valence-electron chi connectivity index (χ4n) is 2.33. The molecule has 1 heterocycles. The summed E-state index contributed by atoms with van der Waals surface area (Å²) in [5.41, 5.74) is 1.21. The van der Waals surface area contributed by atoms with Gasteiger partial charge in [0.2, 0.25) is 0 Å². The van der Waals surface area contributed by atoms with Crippen molar-refractivity contribution < 1.29 is 4.74 Å². The minimum absolute atomic E-state index is 0.662. The Morgan fingerprint density at radius 1 is 1.32 bits per heavy atom. The first kappa shape index (κ1) is 17.2. The first-order valence-corrected chi connectivity index (χ1v) is 9.19. The number of ether oxygens (including phenoxy) is 1. The van der Waals surface area contributed by atoms with Crippen LogP contribution in [-0.2, 0) is 11.3 Å². The lowest BCUT2D eigenvalue weighted by molar-refractivity contribution is 0.125. The summed E-state index contributed by atoms with van der Waals surface area (Å²) in [5.74, 6) is 2.19. The summed E-state index contributed by atoms with van der Waals surface area (Å²) in [7, 11) is 0. The van der Waals surface area contributed by atoms with Crippen molar-refractivity contribution in [2.24, 2.45) is 4.99 Å². The molecule has 122 valence electrons. The second kappa shape index (κ2) is 10.5. The van der Waals surface area contributed by atoms with Crippen LogP contribution in [-0.4, -0.2) is 43.2 Å². The number of nitrogens with zero attached hydrogens (tertiary/aromatic N) is 1. The Balaban J connectivity index is 1.62. The SMILES string of the molecule is CCNC(=NCC1CCCS1)NCCOCc1ccccc1. The lowest BCUT2D eigenvalue weighted by Crippen LogP contribution is -2.39. The van der Waals surface area contributed by atoms with Crippen LogP contribution in [0, 0.1) is 0 Å². The molecule has 1 unspecified atom stereocenters. The zero-order valence-corrected chi connectivity index (χ0v) is 14.2. The van der Waals surface area contributed by atoms with Gasteiger partial charge in [0, 0.05) is 18.3 Å². The summed E-state index contributed by atoms with van der Waals surface area (Å²) in [6, 6.07) is 10.3. The van der Waals surface area contributed by atoms with Gasteiger partial charge in [-0.15, -0.1) is 0 Å². The van der Waals surface area contributed by atoms with E-state index in [2.05, 4.69) is 34.7 Å². The smallest absolute Gasteiger partial charge is 0.191 e. The highest BCUT2D eigenvalue weighted by molar-refractivity contribution is 8.00. The minimum Gasteiger partial charge on any atom is -0.375 e. The van der Waals surface area contributed by atoms with E-state index < -0.39 is 0 Å². The predicted molar refractivity (Wildman–Crippen MR) is 95.6 cm³/mol. The van der Waals surface area contributed by atoms with Crippen LogP contribution in [0.3, 0.4) is 0 Å². The third-order valence-electron chi connectivity index (χ3n) is 3.47. The van der Waals surface area contributed by atoms with Gasteiger partial charge in [-0.3, -0.25) is 4.99 Å². The maximum Gasteiger partial charge on any atom is 0.191 e. The van der Waals surface area contributed by atoms with Crippen LogP contribution in [0.1, 0.15) is 25.3 Å². The zero-order valence-electron chi connectivity index (χ0n) is 13.4. The minimum atomic E-state index is 0.662. The first-order valence-electron chi connectivity index (χ1n) is 8.14. The van der Waals surface area contributed by atoms with Crippen LogP contribution >= 0.6 is 11.8 Å². The van der Waals surface area contributed by atoms with E-state index in [4.69, 9.17) is 4.74 Å². The van der Waals surface area contributed by atoms with Crippen LogP contribution < -0.4 is 10.6 Å². The molecule has 5 heteroatoms. The third kappa shape index (κ3) is 6.71. The maximum absolute atomic E-state index is 5.68. The summed E-state index contributed by atoms with van der Waals surface area (Å²) in [6.45, 7) is 6.00. The van der Waals surface area contributed by atoms with E-state index in [0.29, 0.717) is 18.5 Å². The van der Waals surface area contributed by atoms with Crippen molar-refractivity contribution in [3.8, 4) is 0 Å². The summed E-state index contributed by atoms with van der Waals surface area (Å²) in [6.07, 6.45) is 2.63. The molecule has 1 aromatic carbocycles. The molecule has 0 aromatic heterocycles. The largest absolute Gasteiger partial charge is 0.375 e. The van der Waals surface area contributed by atoms with E-state index in [0.717, 1.165) is 25.6 Å². The molecule has 0 aliphatic carbocycles. The molecule has 0 saturated carbocycles. The summed E-state index contributed by atoms with van der Waals surface area (Å²) in [4.78, 5) is 4.67. The van der Waals surface area contributed by atoms with Crippen molar-refractivity contribution >= 4 is 17.7 Å². The van der Waals surface area contributed by atoms with Crippen LogP contribution in [0.2, 0.25) is 0 Å². The molecule has 1 saturated heterocycles. The molecule has 1 atom stereocenters. The number of nitrogens with one attached hydrogen (secondary N) is 2. The number of benzene rings is 1. The van der Waals surface area contributed by atoms with Gasteiger partial charge < -0.3 is 15.4 Å². The van der Waals surface area contributed by atoms with Gasteiger partial charge in [-0.1, -0.05) is 30.3 Å². The van der Waals surface area contributed by atoms with Crippen molar-refractivity contribution in [2.45, 2.75) is 31.6 Å². The number of guanidine groups is 1. The highest BCUT2D eigenvalue weighted by Gasteiger charge is 2.14. The van der Waals surface area contributed by atoms with E-state index in [1.807, 2.05) is 30.0 Å². The van der Waals surface area contributed by atoms with E-state index in [1.54, 1.807) is 0 Å². The van der Waals surface area contributed by atoms with E-state index >= 15 is 0 Å². The van der Waals surface area contributed by atoms with Crippen molar-refractivity contribution in [3.63, 3.8) is 0 Å². The Hall–Kier alpha value is -1.20. The zero-order chi connectivity index (χ0) is 15.5. The van der Waals surface area contributed by atoms with Gasteiger partial charge >= 0.3 is 0 Å². The van der Waals surface area contributed by atoms with Gasteiger partial charge in [0.05, 0.1) is 19.8 Å². The quantitative estimate of drug-likeness (QED) is 0.439. The van der Waals surface area contributed by atoms with Crippen LogP contribution in [0.4, 0.5) is 0 Å². The molecular weight excluding hydrogens is 294 g/mol. The number of aliphatic imine (C=N–C) groups is 1. The van der Waals surface area contributed by atoms with Gasteiger partial charge in [0.15, 0.2) is 5.96 Å². The number of rotatable bonds is 8. The predicted octanol–water partition coefficient (Wildman–Crippen LogP) is 2.65. The average Bonchev–Trinajstić information content (AvgIpc) is 3.06. The third-order valence-corrected chi connectivity index (χ3v) is 4.85. The second-order valence-corrected chi connectivity index (χ2v) is 6.73. The molecule has 0 bridgehead atoms. The first-order chi connectivity index (χ1) is 10.9. The highest BCUT2D eigenvalue weighted by atomic mass is 32.2. The van der Waals surface area contributed by atoms with Gasteiger partial charge in [0.1, 0.15) is 0 Å². The fraction of sp³-hybridized carbons (Fsp3) is 0.588.